The van der Waals surface area contributed by atoms with E-state index < -0.39 is 0 Å². The highest BCUT2D eigenvalue weighted by Crippen LogP contribution is 2.33. The fourth-order valence-electron chi connectivity index (χ4n) is 2.54. The molecule has 5 nitrogen and oxygen atoms in total. The number of ether oxygens (including phenoxy) is 1. The summed E-state index contributed by atoms with van der Waals surface area (Å²) in [6.45, 7) is 5.78. The predicted octanol–water partition coefficient (Wildman–Crippen LogP) is 4.87. The second kappa shape index (κ2) is 7.27. The molecule has 6 heteroatoms. The van der Waals surface area contributed by atoms with Gasteiger partial charge in [-0.3, -0.25) is 9.78 Å². The molecule has 130 valence electrons. The Kier molecular flexibility index (Phi) is 5.08. The van der Waals surface area contributed by atoms with Gasteiger partial charge in [-0.2, -0.15) is 0 Å². The van der Waals surface area contributed by atoms with Crippen molar-refractivity contribution in [2.24, 2.45) is 0 Å². The van der Waals surface area contributed by atoms with Crippen LogP contribution in [0.25, 0.3) is 11.0 Å². The smallest absolute Gasteiger partial charge is 0.252 e. The molecule has 0 radical (unpaired) electrons. The summed E-state index contributed by atoms with van der Waals surface area (Å²) >= 11 is 3.33. The standard InChI is InChI=1S/C19H19BrN2O3/c1-11(2)24-16-8-13(9-17-14(16)10-18(20)25-17)19(23)22-12(3)15-6-4-5-7-21-15/h4-12H,1-3H3,(H,22,23). The number of carbonyl (C=O) groups excluding carboxylic acids is 1. The highest BCUT2D eigenvalue weighted by atomic mass is 79.9. The first kappa shape index (κ1) is 17.5. The molecule has 3 aromatic rings. The lowest BCUT2D eigenvalue weighted by molar-refractivity contribution is 0.0938. The lowest BCUT2D eigenvalue weighted by Crippen LogP contribution is -2.27. The molecule has 0 aliphatic rings. The molecule has 0 saturated heterocycles. The molecule has 2 heterocycles. The van der Waals surface area contributed by atoms with Gasteiger partial charge in [-0.05, 0) is 61.0 Å². The molecule has 25 heavy (non-hydrogen) atoms. The summed E-state index contributed by atoms with van der Waals surface area (Å²) in [5.41, 5.74) is 1.88. The van der Waals surface area contributed by atoms with Gasteiger partial charge < -0.3 is 14.5 Å². The van der Waals surface area contributed by atoms with Gasteiger partial charge in [0.05, 0.1) is 23.2 Å². The topological polar surface area (TPSA) is 64.4 Å². The van der Waals surface area contributed by atoms with Crippen LogP contribution in [-0.4, -0.2) is 17.0 Å². The quantitative estimate of drug-likeness (QED) is 0.660. The fourth-order valence-corrected chi connectivity index (χ4v) is 2.95. The van der Waals surface area contributed by atoms with E-state index in [1.54, 1.807) is 18.3 Å². The van der Waals surface area contributed by atoms with Crippen LogP contribution in [0.4, 0.5) is 0 Å². The SMILES string of the molecule is CC(C)Oc1cc(C(=O)NC(C)c2ccccn2)cc2oc(Br)cc12. The number of halogens is 1. The van der Waals surface area contributed by atoms with Crippen LogP contribution in [0.2, 0.25) is 0 Å². The minimum Gasteiger partial charge on any atom is -0.490 e. The van der Waals surface area contributed by atoms with Crippen molar-refractivity contribution in [1.82, 2.24) is 10.3 Å². The van der Waals surface area contributed by atoms with Gasteiger partial charge in [0.1, 0.15) is 11.3 Å². The van der Waals surface area contributed by atoms with Gasteiger partial charge in [0.25, 0.3) is 5.91 Å². The van der Waals surface area contributed by atoms with E-state index in [1.165, 1.54) is 0 Å². The van der Waals surface area contributed by atoms with Crippen molar-refractivity contribution in [2.45, 2.75) is 32.9 Å². The predicted molar refractivity (Wildman–Crippen MR) is 99.8 cm³/mol. The Balaban J connectivity index is 1.90. The van der Waals surface area contributed by atoms with Crippen LogP contribution < -0.4 is 10.1 Å². The zero-order valence-corrected chi connectivity index (χ0v) is 15.8. The first-order valence-corrected chi connectivity index (χ1v) is 8.85. The molecule has 0 aliphatic carbocycles. The first-order chi connectivity index (χ1) is 11.9. The maximum Gasteiger partial charge on any atom is 0.252 e. The van der Waals surface area contributed by atoms with E-state index in [0.29, 0.717) is 21.6 Å². The highest BCUT2D eigenvalue weighted by molar-refractivity contribution is 9.10. The second-order valence-electron chi connectivity index (χ2n) is 6.05. The molecule has 0 spiro atoms. The minimum absolute atomic E-state index is 0.0115. The number of nitrogens with zero attached hydrogens (tertiary/aromatic N) is 1. The van der Waals surface area contributed by atoms with E-state index >= 15 is 0 Å². The third-order valence-corrected chi connectivity index (χ3v) is 4.06. The van der Waals surface area contributed by atoms with Crippen LogP contribution >= 0.6 is 15.9 Å². The van der Waals surface area contributed by atoms with E-state index in [9.17, 15) is 4.79 Å². The highest BCUT2D eigenvalue weighted by Gasteiger charge is 2.17. The number of carbonyl (C=O) groups is 1. The Morgan fingerprint density at radius 3 is 2.72 bits per heavy atom. The summed E-state index contributed by atoms with van der Waals surface area (Å²) in [7, 11) is 0. The van der Waals surface area contributed by atoms with Crippen LogP contribution in [0.5, 0.6) is 5.75 Å². The van der Waals surface area contributed by atoms with Gasteiger partial charge in [-0.15, -0.1) is 0 Å². The molecule has 0 aliphatic heterocycles. The summed E-state index contributed by atoms with van der Waals surface area (Å²) in [5.74, 6) is 0.416. The summed E-state index contributed by atoms with van der Waals surface area (Å²) in [5, 5.41) is 3.78. The Bertz CT molecular complexity index is 890. The Labute approximate surface area is 154 Å². The van der Waals surface area contributed by atoms with Crippen LogP contribution in [0.1, 0.15) is 42.9 Å². The fraction of sp³-hybridized carbons (Fsp3) is 0.263. The normalized spacial score (nSPS) is 12.4. The maximum atomic E-state index is 12.7. The van der Waals surface area contributed by atoms with Crippen LogP contribution in [0.15, 0.2) is 51.7 Å². The largest absolute Gasteiger partial charge is 0.490 e. The van der Waals surface area contributed by atoms with Gasteiger partial charge in [0, 0.05) is 17.8 Å². The van der Waals surface area contributed by atoms with Crippen molar-refractivity contribution < 1.29 is 13.9 Å². The molecule has 0 saturated carbocycles. The van der Waals surface area contributed by atoms with E-state index in [2.05, 4.69) is 26.2 Å². The van der Waals surface area contributed by atoms with E-state index in [-0.39, 0.29) is 18.1 Å². The van der Waals surface area contributed by atoms with Crippen molar-refractivity contribution in [3.05, 3.63) is 58.5 Å². The Hall–Kier alpha value is -2.34. The number of amides is 1. The van der Waals surface area contributed by atoms with Crippen LogP contribution in [0.3, 0.4) is 0 Å². The van der Waals surface area contributed by atoms with Crippen LogP contribution in [0, 0.1) is 0 Å². The molecular weight excluding hydrogens is 384 g/mol. The zero-order chi connectivity index (χ0) is 18.0. The summed E-state index contributed by atoms with van der Waals surface area (Å²) in [6.07, 6.45) is 1.70. The minimum atomic E-state index is -0.207. The number of furan rings is 1. The van der Waals surface area contributed by atoms with Gasteiger partial charge in [-0.25, -0.2) is 0 Å². The maximum absolute atomic E-state index is 12.7. The number of nitrogens with one attached hydrogen (secondary N) is 1. The average Bonchev–Trinajstić information content (AvgIpc) is 2.95. The molecule has 1 unspecified atom stereocenters. The first-order valence-electron chi connectivity index (χ1n) is 8.05. The molecule has 0 bridgehead atoms. The molecule has 1 amide bonds. The van der Waals surface area contributed by atoms with Crippen molar-refractivity contribution in [3.8, 4) is 5.75 Å². The number of fused-ring (bicyclic) bond motifs is 1. The Morgan fingerprint density at radius 2 is 2.04 bits per heavy atom. The molecular formula is C19H19BrN2O3. The molecule has 3 rings (SSSR count). The molecule has 0 fully saturated rings. The van der Waals surface area contributed by atoms with Crippen molar-refractivity contribution in [1.29, 1.82) is 0 Å². The number of benzene rings is 1. The summed E-state index contributed by atoms with van der Waals surface area (Å²) in [6, 6.07) is 10.7. The van der Waals surface area contributed by atoms with Crippen LogP contribution in [-0.2, 0) is 0 Å². The molecule has 1 atom stereocenters. The van der Waals surface area contributed by atoms with Crippen molar-refractivity contribution in [2.75, 3.05) is 0 Å². The molecule has 1 N–H and O–H groups in total. The summed E-state index contributed by atoms with van der Waals surface area (Å²) in [4.78, 5) is 16.9. The van der Waals surface area contributed by atoms with Gasteiger partial charge in [-0.1, -0.05) is 6.07 Å². The lowest BCUT2D eigenvalue weighted by atomic mass is 10.1. The summed E-state index contributed by atoms with van der Waals surface area (Å²) < 4.78 is 12.1. The van der Waals surface area contributed by atoms with Crippen molar-refractivity contribution in [3.63, 3.8) is 0 Å². The third-order valence-electron chi connectivity index (χ3n) is 3.67. The third kappa shape index (κ3) is 4.02. The average molecular weight is 403 g/mol. The lowest BCUT2D eigenvalue weighted by Gasteiger charge is -2.15. The molecule has 1 aromatic carbocycles. The van der Waals surface area contributed by atoms with E-state index in [1.807, 2.05) is 45.0 Å². The zero-order valence-electron chi connectivity index (χ0n) is 14.2. The van der Waals surface area contributed by atoms with Crippen molar-refractivity contribution >= 4 is 32.8 Å². The van der Waals surface area contributed by atoms with E-state index in [0.717, 1.165) is 11.1 Å². The number of rotatable bonds is 5. The Morgan fingerprint density at radius 1 is 1.24 bits per heavy atom. The van der Waals surface area contributed by atoms with E-state index in [4.69, 9.17) is 9.15 Å². The number of pyridine rings is 1. The number of hydrogen-bond donors (Lipinski definition) is 1. The monoisotopic (exact) mass is 402 g/mol. The number of aromatic nitrogens is 1. The molecule has 2 aromatic heterocycles. The van der Waals surface area contributed by atoms with Gasteiger partial charge >= 0.3 is 0 Å². The van der Waals surface area contributed by atoms with Gasteiger partial charge in [0.2, 0.25) is 0 Å². The second-order valence-corrected chi connectivity index (χ2v) is 6.83. The number of hydrogen-bond acceptors (Lipinski definition) is 4. The van der Waals surface area contributed by atoms with Gasteiger partial charge in [0.15, 0.2) is 4.67 Å².